The average Bonchev–Trinajstić information content (AvgIpc) is 2.64. The summed E-state index contributed by atoms with van der Waals surface area (Å²) in [7, 11) is 2.18. The Labute approximate surface area is 103 Å². The van der Waals surface area contributed by atoms with Crippen LogP contribution in [0.1, 0.15) is 33.1 Å². The summed E-state index contributed by atoms with van der Waals surface area (Å²) in [4.78, 5) is 7.22. The minimum Gasteiger partial charge on any atom is -0.360 e. The smallest absolute Gasteiger partial charge is 0.157 e. The van der Waals surface area contributed by atoms with Crippen LogP contribution < -0.4 is 5.32 Å². The van der Waals surface area contributed by atoms with Gasteiger partial charge in [0.25, 0.3) is 0 Å². The summed E-state index contributed by atoms with van der Waals surface area (Å²) in [5.74, 6) is 1.21. The van der Waals surface area contributed by atoms with E-state index >= 15 is 0 Å². The quantitative estimate of drug-likeness (QED) is 0.801. The van der Waals surface area contributed by atoms with Crippen molar-refractivity contribution in [2.24, 2.45) is 4.99 Å². The fraction of sp³-hybridized carbons (Fsp3) is 0.917. The van der Waals surface area contributed by atoms with Gasteiger partial charge in [0.05, 0.1) is 6.04 Å². The highest BCUT2D eigenvalue weighted by Gasteiger charge is 2.28. The third-order valence-corrected chi connectivity index (χ3v) is 4.64. The second-order valence-electron chi connectivity index (χ2n) is 5.28. The van der Waals surface area contributed by atoms with Gasteiger partial charge in [-0.15, -0.1) is 0 Å². The minimum absolute atomic E-state index is 0.272. The fourth-order valence-corrected chi connectivity index (χ4v) is 3.54. The van der Waals surface area contributed by atoms with Gasteiger partial charge in [0, 0.05) is 17.8 Å². The number of amidine groups is 1. The number of likely N-dealkylation sites (tertiary alicyclic amines) is 1. The van der Waals surface area contributed by atoms with E-state index in [0.29, 0.717) is 6.04 Å². The fourth-order valence-electron chi connectivity index (χ4n) is 2.25. The van der Waals surface area contributed by atoms with E-state index in [2.05, 4.69) is 31.1 Å². The van der Waals surface area contributed by atoms with E-state index in [-0.39, 0.29) is 5.54 Å². The molecule has 0 saturated carbocycles. The molecule has 3 nitrogen and oxygen atoms in total. The summed E-state index contributed by atoms with van der Waals surface area (Å²) in [6, 6.07) is 0.513. The van der Waals surface area contributed by atoms with Crippen molar-refractivity contribution in [1.82, 2.24) is 10.2 Å². The van der Waals surface area contributed by atoms with Gasteiger partial charge in [-0.25, -0.2) is 0 Å². The number of rotatable bonds is 2. The normalized spacial score (nSPS) is 38.9. The molecular weight excluding hydrogens is 218 g/mol. The highest BCUT2D eigenvalue weighted by molar-refractivity contribution is 8.13. The van der Waals surface area contributed by atoms with Crippen molar-refractivity contribution in [1.29, 1.82) is 0 Å². The van der Waals surface area contributed by atoms with Crippen molar-refractivity contribution in [3.05, 3.63) is 0 Å². The Morgan fingerprint density at radius 2 is 2.44 bits per heavy atom. The summed E-state index contributed by atoms with van der Waals surface area (Å²) in [5.41, 5.74) is 0.272. The second kappa shape index (κ2) is 4.96. The minimum atomic E-state index is 0.272. The molecule has 2 heterocycles. The lowest BCUT2D eigenvalue weighted by atomic mass is 9.96. The van der Waals surface area contributed by atoms with Crippen LogP contribution in [0.5, 0.6) is 0 Å². The highest BCUT2D eigenvalue weighted by atomic mass is 32.2. The van der Waals surface area contributed by atoms with E-state index in [0.717, 1.165) is 6.54 Å². The van der Waals surface area contributed by atoms with Gasteiger partial charge in [0.15, 0.2) is 5.17 Å². The van der Waals surface area contributed by atoms with Crippen LogP contribution >= 0.6 is 11.8 Å². The maximum absolute atomic E-state index is 4.86. The van der Waals surface area contributed by atoms with E-state index in [1.54, 1.807) is 0 Å². The van der Waals surface area contributed by atoms with Crippen LogP contribution in [-0.2, 0) is 0 Å². The van der Waals surface area contributed by atoms with Gasteiger partial charge in [-0.3, -0.25) is 4.99 Å². The lowest BCUT2D eigenvalue weighted by Crippen LogP contribution is -2.48. The lowest BCUT2D eigenvalue weighted by molar-refractivity contribution is 0.388. The Bertz CT molecular complexity index is 279. The monoisotopic (exact) mass is 241 g/mol. The predicted molar refractivity (Wildman–Crippen MR) is 72.2 cm³/mol. The summed E-state index contributed by atoms with van der Waals surface area (Å²) in [6.07, 6.45) is 3.64. The Morgan fingerprint density at radius 1 is 1.62 bits per heavy atom. The SMILES string of the molecule is CCC1(C)CCSC(=NC2CCN(C)C2)N1. The largest absolute Gasteiger partial charge is 0.360 e. The first-order valence-electron chi connectivity index (χ1n) is 6.28. The molecule has 0 radical (unpaired) electrons. The molecule has 1 N–H and O–H groups in total. The maximum Gasteiger partial charge on any atom is 0.157 e. The summed E-state index contributed by atoms with van der Waals surface area (Å²) in [5, 5.41) is 4.79. The van der Waals surface area contributed by atoms with Crippen molar-refractivity contribution >= 4 is 16.9 Å². The molecule has 2 fully saturated rings. The molecule has 4 heteroatoms. The number of hydrogen-bond acceptors (Lipinski definition) is 3. The molecule has 16 heavy (non-hydrogen) atoms. The Morgan fingerprint density at radius 3 is 3.06 bits per heavy atom. The zero-order valence-electron chi connectivity index (χ0n) is 10.6. The van der Waals surface area contributed by atoms with Crippen molar-refractivity contribution < 1.29 is 0 Å². The molecule has 0 bridgehead atoms. The highest BCUT2D eigenvalue weighted by Crippen LogP contribution is 2.25. The second-order valence-corrected chi connectivity index (χ2v) is 6.36. The molecule has 2 rings (SSSR count). The van der Waals surface area contributed by atoms with Gasteiger partial charge < -0.3 is 10.2 Å². The molecule has 2 aliphatic rings. The van der Waals surface area contributed by atoms with Crippen LogP contribution in [-0.4, -0.2) is 47.5 Å². The van der Waals surface area contributed by atoms with Gasteiger partial charge in [0.2, 0.25) is 0 Å². The number of nitrogens with zero attached hydrogens (tertiary/aromatic N) is 2. The molecule has 0 aliphatic carbocycles. The molecule has 0 spiro atoms. The zero-order valence-corrected chi connectivity index (χ0v) is 11.4. The Hall–Kier alpha value is -0.220. The van der Waals surface area contributed by atoms with E-state index < -0.39 is 0 Å². The van der Waals surface area contributed by atoms with Gasteiger partial charge in [-0.2, -0.15) is 0 Å². The Kier molecular flexibility index (Phi) is 3.80. The van der Waals surface area contributed by atoms with E-state index in [9.17, 15) is 0 Å². The van der Waals surface area contributed by atoms with Crippen LogP contribution in [0.4, 0.5) is 0 Å². The molecule has 0 aromatic rings. The van der Waals surface area contributed by atoms with Crippen LogP contribution in [0, 0.1) is 0 Å². The van der Waals surface area contributed by atoms with Gasteiger partial charge in [-0.05, 0) is 39.8 Å². The molecule has 2 saturated heterocycles. The molecule has 2 atom stereocenters. The molecule has 2 aliphatic heterocycles. The van der Waals surface area contributed by atoms with Gasteiger partial charge >= 0.3 is 0 Å². The number of hydrogen-bond donors (Lipinski definition) is 1. The first kappa shape index (κ1) is 12.2. The average molecular weight is 241 g/mol. The van der Waals surface area contributed by atoms with E-state index in [4.69, 9.17) is 4.99 Å². The van der Waals surface area contributed by atoms with E-state index in [1.165, 1.54) is 36.7 Å². The zero-order chi connectivity index (χ0) is 11.6. The van der Waals surface area contributed by atoms with E-state index in [1.807, 2.05) is 11.8 Å². The topological polar surface area (TPSA) is 27.6 Å². The summed E-state index contributed by atoms with van der Waals surface area (Å²) in [6.45, 7) is 6.87. The number of thioether (sulfide) groups is 1. The Balaban J connectivity index is 1.96. The number of likely N-dealkylation sites (N-methyl/N-ethyl adjacent to an activating group) is 1. The summed E-state index contributed by atoms with van der Waals surface area (Å²) >= 11 is 1.89. The molecule has 0 aromatic carbocycles. The number of aliphatic imine (C=N–C) groups is 1. The first-order valence-corrected chi connectivity index (χ1v) is 7.27. The third-order valence-electron chi connectivity index (χ3n) is 3.75. The molecule has 92 valence electrons. The van der Waals surface area contributed by atoms with Crippen LogP contribution in [0.25, 0.3) is 0 Å². The summed E-state index contributed by atoms with van der Waals surface area (Å²) < 4.78 is 0. The van der Waals surface area contributed by atoms with Crippen LogP contribution in [0.3, 0.4) is 0 Å². The third kappa shape index (κ3) is 2.92. The van der Waals surface area contributed by atoms with Crippen molar-refractivity contribution in [2.45, 2.75) is 44.7 Å². The van der Waals surface area contributed by atoms with Gasteiger partial charge in [-0.1, -0.05) is 18.7 Å². The lowest BCUT2D eigenvalue weighted by Gasteiger charge is -2.35. The van der Waals surface area contributed by atoms with Crippen LogP contribution in [0.2, 0.25) is 0 Å². The van der Waals surface area contributed by atoms with Crippen molar-refractivity contribution in [3.8, 4) is 0 Å². The molecule has 2 unspecified atom stereocenters. The number of nitrogens with one attached hydrogen (secondary N) is 1. The molecule has 0 amide bonds. The van der Waals surface area contributed by atoms with Crippen LogP contribution in [0.15, 0.2) is 4.99 Å². The standard InChI is InChI=1S/C12H23N3S/c1-4-12(2)6-8-16-11(14-12)13-10-5-7-15(3)9-10/h10H,4-9H2,1-3H3,(H,13,14). The van der Waals surface area contributed by atoms with Crippen molar-refractivity contribution in [3.63, 3.8) is 0 Å². The molecular formula is C12H23N3S. The van der Waals surface area contributed by atoms with Crippen molar-refractivity contribution in [2.75, 3.05) is 25.9 Å². The van der Waals surface area contributed by atoms with Gasteiger partial charge in [0.1, 0.15) is 0 Å². The first-order chi connectivity index (χ1) is 7.61. The predicted octanol–water partition coefficient (Wildman–Crippen LogP) is 1.94. The molecule has 0 aromatic heterocycles. The maximum atomic E-state index is 4.86.